The molecule has 2 aromatic carbocycles. The molecule has 3 rings (SSSR count). The van der Waals surface area contributed by atoms with Crippen molar-refractivity contribution in [3.63, 3.8) is 0 Å². The highest BCUT2D eigenvalue weighted by molar-refractivity contribution is 6.30. The maximum atomic E-state index is 9.27. The smallest absolute Gasteiger partial charge is 0.246 e. The fourth-order valence-corrected chi connectivity index (χ4v) is 2.48. The van der Waals surface area contributed by atoms with Gasteiger partial charge in [0.05, 0.1) is 13.2 Å². The number of para-hydroxylation sites is 1. The third-order valence-electron chi connectivity index (χ3n) is 3.37. The first kappa shape index (κ1) is 15.5. The van der Waals surface area contributed by atoms with Crippen LogP contribution in [0.2, 0.25) is 5.02 Å². The molecular weight excluding hydrogens is 314 g/mol. The average molecular weight is 330 g/mol. The van der Waals surface area contributed by atoms with Gasteiger partial charge in [-0.15, -0.1) is 0 Å². The summed E-state index contributed by atoms with van der Waals surface area (Å²) in [7, 11) is 0. The van der Waals surface area contributed by atoms with Crippen LogP contribution in [0.25, 0.3) is 11.4 Å². The van der Waals surface area contributed by atoms with Gasteiger partial charge in [0.25, 0.3) is 0 Å². The van der Waals surface area contributed by atoms with Gasteiger partial charge < -0.3 is 14.5 Å². The SMILES string of the molecule is OCCN(Cc1nc(-c2cccc(Cl)c2)no1)c1ccccc1. The van der Waals surface area contributed by atoms with Crippen LogP contribution in [0.4, 0.5) is 5.69 Å². The van der Waals surface area contributed by atoms with Crippen LogP contribution in [0.15, 0.2) is 59.1 Å². The van der Waals surface area contributed by atoms with Crippen LogP contribution in [0.5, 0.6) is 0 Å². The first-order valence-electron chi connectivity index (χ1n) is 7.25. The molecule has 0 fully saturated rings. The summed E-state index contributed by atoms with van der Waals surface area (Å²) >= 11 is 5.98. The lowest BCUT2D eigenvalue weighted by Crippen LogP contribution is -2.26. The van der Waals surface area contributed by atoms with Gasteiger partial charge >= 0.3 is 0 Å². The monoisotopic (exact) mass is 329 g/mol. The Balaban J connectivity index is 1.79. The number of halogens is 1. The van der Waals surface area contributed by atoms with E-state index in [9.17, 15) is 5.11 Å². The minimum atomic E-state index is 0.0458. The quantitative estimate of drug-likeness (QED) is 0.751. The van der Waals surface area contributed by atoms with E-state index in [2.05, 4.69) is 10.1 Å². The summed E-state index contributed by atoms with van der Waals surface area (Å²) in [5, 5.41) is 13.9. The van der Waals surface area contributed by atoms with Gasteiger partial charge in [-0.2, -0.15) is 4.98 Å². The second-order valence-electron chi connectivity index (χ2n) is 5.00. The molecule has 0 radical (unpaired) electrons. The van der Waals surface area contributed by atoms with Crippen LogP contribution in [0, 0.1) is 0 Å². The summed E-state index contributed by atoms with van der Waals surface area (Å²) in [5.74, 6) is 0.983. The van der Waals surface area contributed by atoms with Crippen molar-refractivity contribution >= 4 is 17.3 Å². The fourth-order valence-electron chi connectivity index (χ4n) is 2.29. The molecule has 0 atom stereocenters. The van der Waals surface area contributed by atoms with Crippen molar-refractivity contribution in [1.29, 1.82) is 0 Å². The number of hydrogen-bond acceptors (Lipinski definition) is 5. The van der Waals surface area contributed by atoms with Gasteiger partial charge in [-0.05, 0) is 24.3 Å². The van der Waals surface area contributed by atoms with E-state index in [1.54, 1.807) is 12.1 Å². The highest BCUT2D eigenvalue weighted by Crippen LogP contribution is 2.21. The molecule has 118 valence electrons. The Labute approximate surface area is 139 Å². The summed E-state index contributed by atoms with van der Waals surface area (Å²) in [6.07, 6.45) is 0. The number of anilines is 1. The maximum absolute atomic E-state index is 9.27. The van der Waals surface area contributed by atoms with Crippen LogP contribution in [0.3, 0.4) is 0 Å². The Hall–Kier alpha value is -2.37. The Morgan fingerprint density at radius 3 is 2.65 bits per heavy atom. The Morgan fingerprint density at radius 2 is 1.91 bits per heavy atom. The van der Waals surface area contributed by atoms with E-state index < -0.39 is 0 Å². The van der Waals surface area contributed by atoms with Crippen molar-refractivity contribution in [1.82, 2.24) is 10.1 Å². The van der Waals surface area contributed by atoms with Crippen molar-refractivity contribution in [3.05, 3.63) is 65.5 Å². The van der Waals surface area contributed by atoms with Gasteiger partial charge in [0, 0.05) is 22.8 Å². The largest absolute Gasteiger partial charge is 0.395 e. The standard InChI is InChI=1S/C17H16ClN3O2/c18-14-6-4-5-13(11-14)17-19-16(23-20-17)12-21(9-10-22)15-7-2-1-3-8-15/h1-8,11,22H,9-10,12H2. The first-order valence-corrected chi connectivity index (χ1v) is 7.63. The number of hydrogen-bond donors (Lipinski definition) is 1. The normalized spacial score (nSPS) is 10.7. The lowest BCUT2D eigenvalue weighted by Gasteiger charge is -2.21. The summed E-state index contributed by atoms with van der Waals surface area (Å²) in [6, 6.07) is 17.1. The van der Waals surface area contributed by atoms with E-state index in [0.29, 0.717) is 29.8 Å². The molecule has 0 bridgehead atoms. The molecule has 0 aliphatic heterocycles. The van der Waals surface area contributed by atoms with Crippen molar-refractivity contribution < 1.29 is 9.63 Å². The molecule has 0 saturated carbocycles. The van der Waals surface area contributed by atoms with Gasteiger partial charge in [-0.3, -0.25) is 0 Å². The molecule has 0 spiro atoms. The van der Waals surface area contributed by atoms with Gasteiger partial charge in [-0.1, -0.05) is 47.1 Å². The average Bonchev–Trinajstić information content (AvgIpc) is 3.04. The Bertz CT molecular complexity index is 761. The predicted molar refractivity (Wildman–Crippen MR) is 89.3 cm³/mol. The van der Waals surface area contributed by atoms with E-state index in [1.165, 1.54) is 0 Å². The van der Waals surface area contributed by atoms with Crippen LogP contribution >= 0.6 is 11.6 Å². The van der Waals surface area contributed by atoms with Gasteiger partial charge in [0.15, 0.2) is 0 Å². The van der Waals surface area contributed by atoms with E-state index in [1.807, 2.05) is 47.4 Å². The number of benzene rings is 2. The predicted octanol–water partition coefficient (Wildman–Crippen LogP) is 3.39. The summed E-state index contributed by atoms with van der Waals surface area (Å²) in [6.45, 7) is 0.960. The third kappa shape index (κ3) is 3.88. The third-order valence-corrected chi connectivity index (χ3v) is 3.60. The molecule has 1 N–H and O–H groups in total. The zero-order chi connectivity index (χ0) is 16.1. The topological polar surface area (TPSA) is 62.4 Å². The number of aliphatic hydroxyl groups excluding tert-OH is 1. The lowest BCUT2D eigenvalue weighted by atomic mass is 10.2. The molecule has 0 amide bonds. The molecule has 1 aromatic heterocycles. The maximum Gasteiger partial charge on any atom is 0.246 e. The molecule has 23 heavy (non-hydrogen) atoms. The lowest BCUT2D eigenvalue weighted by molar-refractivity contribution is 0.298. The summed E-state index contributed by atoms with van der Waals surface area (Å²) in [5.41, 5.74) is 1.80. The van der Waals surface area contributed by atoms with Crippen molar-refractivity contribution in [2.75, 3.05) is 18.1 Å². The Morgan fingerprint density at radius 1 is 1.09 bits per heavy atom. The second kappa shape index (κ2) is 7.26. The fraction of sp³-hybridized carbons (Fsp3) is 0.176. The van der Waals surface area contributed by atoms with Gasteiger partial charge in [-0.25, -0.2) is 0 Å². The Kier molecular flexibility index (Phi) is 4.90. The molecule has 0 aliphatic carbocycles. The van der Waals surface area contributed by atoms with Crippen LogP contribution < -0.4 is 4.90 Å². The van der Waals surface area contributed by atoms with E-state index in [4.69, 9.17) is 16.1 Å². The van der Waals surface area contributed by atoms with E-state index in [0.717, 1.165) is 11.3 Å². The number of aromatic nitrogens is 2. The molecule has 6 heteroatoms. The number of rotatable bonds is 6. The van der Waals surface area contributed by atoms with Crippen LogP contribution in [0.1, 0.15) is 5.89 Å². The van der Waals surface area contributed by atoms with Crippen LogP contribution in [-0.4, -0.2) is 28.4 Å². The number of nitrogens with zero attached hydrogens (tertiary/aromatic N) is 3. The first-order chi connectivity index (χ1) is 11.3. The van der Waals surface area contributed by atoms with Gasteiger partial charge in [0.1, 0.15) is 0 Å². The minimum absolute atomic E-state index is 0.0458. The summed E-state index contributed by atoms with van der Waals surface area (Å²) in [4.78, 5) is 6.39. The minimum Gasteiger partial charge on any atom is -0.395 e. The summed E-state index contributed by atoms with van der Waals surface area (Å²) < 4.78 is 5.33. The highest BCUT2D eigenvalue weighted by atomic mass is 35.5. The zero-order valence-corrected chi connectivity index (χ0v) is 13.1. The van der Waals surface area contributed by atoms with Crippen LogP contribution in [-0.2, 0) is 6.54 Å². The molecule has 1 heterocycles. The number of aliphatic hydroxyl groups is 1. The molecule has 5 nitrogen and oxygen atoms in total. The van der Waals surface area contributed by atoms with E-state index >= 15 is 0 Å². The second-order valence-corrected chi connectivity index (χ2v) is 5.44. The van der Waals surface area contributed by atoms with E-state index in [-0.39, 0.29) is 6.61 Å². The molecule has 0 saturated heterocycles. The van der Waals surface area contributed by atoms with Gasteiger partial charge in [0.2, 0.25) is 11.7 Å². The zero-order valence-electron chi connectivity index (χ0n) is 12.4. The van der Waals surface area contributed by atoms with Crippen molar-refractivity contribution in [2.45, 2.75) is 6.54 Å². The highest BCUT2D eigenvalue weighted by Gasteiger charge is 2.13. The molecular formula is C17H16ClN3O2. The molecule has 3 aromatic rings. The molecule has 0 aliphatic rings. The van der Waals surface area contributed by atoms with Crippen molar-refractivity contribution in [2.24, 2.45) is 0 Å². The molecule has 0 unspecified atom stereocenters. The van der Waals surface area contributed by atoms with Crippen molar-refractivity contribution in [3.8, 4) is 11.4 Å².